The van der Waals surface area contributed by atoms with Gasteiger partial charge in [-0.05, 0) is 18.8 Å². The summed E-state index contributed by atoms with van der Waals surface area (Å²) < 4.78 is 0. The number of rotatable bonds is 4. The summed E-state index contributed by atoms with van der Waals surface area (Å²) in [5.74, 6) is 2.45. The van der Waals surface area contributed by atoms with Crippen LogP contribution in [-0.4, -0.2) is 46.0 Å². The van der Waals surface area contributed by atoms with Gasteiger partial charge in [0.1, 0.15) is 5.82 Å². The molecule has 138 valence electrons. The number of anilines is 1. The molecule has 2 saturated heterocycles. The number of aromatic nitrogens is 3. The number of hydrogen-bond donors (Lipinski definition) is 0. The van der Waals surface area contributed by atoms with Crippen molar-refractivity contribution in [1.82, 2.24) is 19.9 Å². The number of thiazole rings is 1. The Balaban J connectivity index is 1.21. The second kappa shape index (κ2) is 7.02. The largest absolute Gasteiger partial charge is 0.355 e. The highest BCUT2D eigenvalue weighted by atomic mass is 32.1. The summed E-state index contributed by atoms with van der Waals surface area (Å²) in [5.41, 5.74) is 3.27. The standard InChI is InChI=1S/C21H23N5S/c1-15-24-19(14-27-15)13-25-9-17-11-26(12-18(17)10-25)21-8-22-20(7-23-21)16-5-3-2-4-6-16/h2-8,14,17-18H,9-13H2,1H3. The minimum absolute atomic E-state index is 0.723. The molecule has 2 atom stereocenters. The van der Waals surface area contributed by atoms with E-state index in [0.717, 1.165) is 66.6 Å². The molecule has 0 spiro atoms. The lowest BCUT2D eigenvalue weighted by Crippen LogP contribution is -2.29. The van der Waals surface area contributed by atoms with Crippen LogP contribution in [0.25, 0.3) is 11.3 Å². The maximum atomic E-state index is 4.70. The van der Waals surface area contributed by atoms with Gasteiger partial charge in [-0.25, -0.2) is 9.97 Å². The normalized spacial score (nSPS) is 22.3. The third kappa shape index (κ3) is 3.47. The highest BCUT2D eigenvalue weighted by Crippen LogP contribution is 2.34. The third-order valence-corrected chi connectivity index (χ3v) is 6.47. The summed E-state index contributed by atoms with van der Waals surface area (Å²) in [6.07, 6.45) is 3.83. The van der Waals surface area contributed by atoms with Crippen LogP contribution in [-0.2, 0) is 6.54 Å². The molecule has 2 aliphatic heterocycles. The molecule has 5 rings (SSSR count). The second-order valence-electron chi connectivity index (χ2n) is 7.60. The van der Waals surface area contributed by atoms with Crippen LogP contribution in [0, 0.1) is 18.8 Å². The molecule has 5 nitrogen and oxygen atoms in total. The monoisotopic (exact) mass is 377 g/mol. The Kier molecular flexibility index (Phi) is 4.38. The Morgan fingerprint density at radius 1 is 1.00 bits per heavy atom. The van der Waals surface area contributed by atoms with E-state index in [9.17, 15) is 0 Å². The van der Waals surface area contributed by atoms with Crippen molar-refractivity contribution in [2.24, 2.45) is 11.8 Å². The molecule has 6 heteroatoms. The number of nitrogens with zero attached hydrogens (tertiary/aromatic N) is 5. The van der Waals surface area contributed by atoms with E-state index in [-0.39, 0.29) is 0 Å². The van der Waals surface area contributed by atoms with Gasteiger partial charge in [0.25, 0.3) is 0 Å². The molecule has 0 N–H and O–H groups in total. The van der Waals surface area contributed by atoms with Gasteiger partial charge in [0.15, 0.2) is 0 Å². The number of hydrogen-bond acceptors (Lipinski definition) is 6. The van der Waals surface area contributed by atoms with Crippen LogP contribution < -0.4 is 4.90 Å². The molecule has 3 aromatic rings. The highest BCUT2D eigenvalue weighted by molar-refractivity contribution is 7.09. The van der Waals surface area contributed by atoms with Crippen LogP contribution in [0.3, 0.4) is 0 Å². The van der Waals surface area contributed by atoms with Crippen molar-refractivity contribution in [3.8, 4) is 11.3 Å². The Labute approximate surface area is 163 Å². The van der Waals surface area contributed by atoms with Gasteiger partial charge in [-0.15, -0.1) is 11.3 Å². The number of likely N-dealkylation sites (tertiary alicyclic amines) is 1. The van der Waals surface area contributed by atoms with E-state index >= 15 is 0 Å². The molecule has 2 aromatic heterocycles. The van der Waals surface area contributed by atoms with Crippen molar-refractivity contribution in [2.45, 2.75) is 13.5 Å². The fourth-order valence-corrected chi connectivity index (χ4v) is 4.96. The maximum absolute atomic E-state index is 4.70. The zero-order chi connectivity index (χ0) is 18.2. The topological polar surface area (TPSA) is 45.2 Å². The third-order valence-electron chi connectivity index (χ3n) is 5.65. The van der Waals surface area contributed by atoms with E-state index in [2.05, 4.69) is 44.2 Å². The van der Waals surface area contributed by atoms with Crippen LogP contribution in [0.15, 0.2) is 48.1 Å². The molecule has 2 unspecified atom stereocenters. The van der Waals surface area contributed by atoms with Crippen molar-refractivity contribution in [3.63, 3.8) is 0 Å². The van der Waals surface area contributed by atoms with Gasteiger partial charge in [0.05, 0.1) is 28.8 Å². The number of benzene rings is 1. The summed E-state index contributed by atoms with van der Waals surface area (Å²) in [7, 11) is 0. The first-order valence-electron chi connectivity index (χ1n) is 9.50. The molecule has 0 saturated carbocycles. The Morgan fingerprint density at radius 3 is 2.41 bits per heavy atom. The van der Waals surface area contributed by atoms with Crippen molar-refractivity contribution >= 4 is 17.2 Å². The average molecular weight is 378 g/mol. The SMILES string of the molecule is Cc1nc(CN2CC3CN(c4cnc(-c5ccccc5)cn4)CC3C2)cs1. The van der Waals surface area contributed by atoms with Gasteiger partial charge in [-0.3, -0.25) is 9.88 Å². The summed E-state index contributed by atoms with van der Waals surface area (Å²) in [6, 6.07) is 10.2. The predicted molar refractivity (Wildman–Crippen MR) is 109 cm³/mol. The summed E-state index contributed by atoms with van der Waals surface area (Å²) >= 11 is 1.75. The molecular formula is C21H23N5S. The van der Waals surface area contributed by atoms with Crippen molar-refractivity contribution in [3.05, 3.63) is 58.8 Å². The molecule has 0 bridgehead atoms. The van der Waals surface area contributed by atoms with Crippen LogP contribution in [0.1, 0.15) is 10.7 Å². The predicted octanol–water partition coefficient (Wildman–Crippen LogP) is 3.48. The smallest absolute Gasteiger partial charge is 0.147 e. The van der Waals surface area contributed by atoms with Gasteiger partial charge < -0.3 is 4.90 Å². The van der Waals surface area contributed by atoms with Crippen LogP contribution >= 0.6 is 11.3 Å². The lowest BCUT2D eigenvalue weighted by atomic mass is 10.0. The van der Waals surface area contributed by atoms with E-state index in [0.29, 0.717) is 0 Å². The van der Waals surface area contributed by atoms with Crippen LogP contribution in [0.4, 0.5) is 5.82 Å². The minimum atomic E-state index is 0.723. The van der Waals surface area contributed by atoms with Gasteiger partial charge in [-0.1, -0.05) is 30.3 Å². The molecule has 0 amide bonds. The van der Waals surface area contributed by atoms with Crippen molar-refractivity contribution < 1.29 is 0 Å². The zero-order valence-electron chi connectivity index (χ0n) is 15.5. The van der Waals surface area contributed by atoms with Gasteiger partial charge in [0, 0.05) is 43.7 Å². The van der Waals surface area contributed by atoms with Gasteiger partial charge >= 0.3 is 0 Å². The summed E-state index contributed by atoms with van der Waals surface area (Å²) in [5, 5.41) is 3.35. The van der Waals surface area contributed by atoms with Crippen molar-refractivity contribution in [1.29, 1.82) is 0 Å². The molecule has 0 aliphatic carbocycles. The molecule has 27 heavy (non-hydrogen) atoms. The summed E-state index contributed by atoms with van der Waals surface area (Å²) in [4.78, 5) is 18.9. The lowest BCUT2D eigenvalue weighted by molar-refractivity contribution is 0.305. The molecule has 0 radical (unpaired) electrons. The van der Waals surface area contributed by atoms with E-state index in [1.807, 2.05) is 30.6 Å². The fourth-order valence-electron chi connectivity index (χ4n) is 4.36. The molecule has 4 heterocycles. The van der Waals surface area contributed by atoms with E-state index in [1.54, 1.807) is 11.3 Å². The first kappa shape index (κ1) is 16.8. The van der Waals surface area contributed by atoms with E-state index < -0.39 is 0 Å². The van der Waals surface area contributed by atoms with Gasteiger partial charge in [-0.2, -0.15) is 0 Å². The molecular weight excluding hydrogens is 354 g/mol. The number of fused-ring (bicyclic) bond motifs is 1. The lowest BCUT2D eigenvalue weighted by Gasteiger charge is -2.21. The molecule has 2 aliphatic rings. The quantitative estimate of drug-likeness (QED) is 0.697. The zero-order valence-corrected chi connectivity index (χ0v) is 16.3. The van der Waals surface area contributed by atoms with Crippen LogP contribution in [0.2, 0.25) is 0 Å². The average Bonchev–Trinajstić information content (AvgIpc) is 3.38. The highest BCUT2D eigenvalue weighted by Gasteiger charge is 2.40. The first-order valence-corrected chi connectivity index (χ1v) is 10.4. The number of aryl methyl sites for hydroxylation is 1. The van der Waals surface area contributed by atoms with E-state index in [1.165, 1.54) is 5.69 Å². The van der Waals surface area contributed by atoms with Gasteiger partial charge in [0.2, 0.25) is 0 Å². The second-order valence-corrected chi connectivity index (χ2v) is 8.67. The van der Waals surface area contributed by atoms with Crippen molar-refractivity contribution in [2.75, 3.05) is 31.1 Å². The Hall–Kier alpha value is -2.31. The first-order chi connectivity index (χ1) is 13.2. The fraction of sp³-hybridized carbons (Fsp3) is 0.381. The van der Waals surface area contributed by atoms with Crippen LogP contribution in [0.5, 0.6) is 0 Å². The molecule has 1 aromatic carbocycles. The molecule has 2 fully saturated rings. The maximum Gasteiger partial charge on any atom is 0.147 e. The minimum Gasteiger partial charge on any atom is -0.355 e. The summed E-state index contributed by atoms with van der Waals surface area (Å²) in [6.45, 7) is 7.55. The Morgan fingerprint density at radius 2 is 1.78 bits per heavy atom. The van der Waals surface area contributed by atoms with E-state index in [4.69, 9.17) is 4.98 Å². The Bertz CT molecular complexity index is 894.